The van der Waals surface area contributed by atoms with Crippen LogP contribution < -0.4 is 11.1 Å². The van der Waals surface area contributed by atoms with E-state index in [1.165, 1.54) is 12.4 Å². The molecule has 0 spiro atoms. The van der Waals surface area contributed by atoms with Gasteiger partial charge in [-0.25, -0.2) is 0 Å². The van der Waals surface area contributed by atoms with Crippen LogP contribution in [0.5, 0.6) is 0 Å². The number of rotatable bonds is 2. The molecule has 2 aromatic heterocycles. The smallest absolute Gasteiger partial charge is 0.260 e. The summed E-state index contributed by atoms with van der Waals surface area (Å²) < 4.78 is 1.63. The summed E-state index contributed by atoms with van der Waals surface area (Å²) in [5.41, 5.74) is 7.28. The van der Waals surface area contributed by atoms with Gasteiger partial charge < -0.3 is 11.1 Å². The van der Waals surface area contributed by atoms with Gasteiger partial charge in [-0.05, 0) is 6.92 Å². The van der Waals surface area contributed by atoms with E-state index in [4.69, 9.17) is 5.73 Å². The number of aromatic amines is 1. The van der Waals surface area contributed by atoms with Crippen molar-refractivity contribution in [2.45, 2.75) is 6.92 Å². The third kappa shape index (κ3) is 1.62. The molecule has 4 N–H and O–H groups in total. The van der Waals surface area contributed by atoms with Crippen LogP contribution in [0.2, 0.25) is 0 Å². The van der Waals surface area contributed by atoms with Crippen LogP contribution >= 0.6 is 0 Å². The quantitative estimate of drug-likeness (QED) is 0.676. The maximum absolute atomic E-state index is 11.8. The second-order valence-electron chi connectivity index (χ2n) is 3.42. The van der Waals surface area contributed by atoms with Crippen LogP contribution in [0.15, 0.2) is 12.4 Å². The van der Waals surface area contributed by atoms with Crippen molar-refractivity contribution in [2.75, 3.05) is 11.1 Å². The Balaban J connectivity index is 2.21. The van der Waals surface area contributed by atoms with Crippen LogP contribution in [0.3, 0.4) is 0 Å². The summed E-state index contributed by atoms with van der Waals surface area (Å²) in [6.07, 6.45) is 2.95. The molecule has 0 saturated heterocycles. The highest BCUT2D eigenvalue weighted by Gasteiger charge is 2.14. The minimum absolute atomic E-state index is 0.262. The summed E-state index contributed by atoms with van der Waals surface area (Å²) in [4.78, 5) is 11.8. The molecular weight excluding hydrogens is 208 g/mol. The summed E-state index contributed by atoms with van der Waals surface area (Å²) >= 11 is 0. The molecule has 7 heteroatoms. The molecule has 0 aromatic carbocycles. The number of amides is 1. The van der Waals surface area contributed by atoms with Gasteiger partial charge in [0.2, 0.25) is 0 Å². The molecule has 0 unspecified atom stereocenters. The highest BCUT2D eigenvalue weighted by molar-refractivity contribution is 6.05. The molecule has 16 heavy (non-hydrogen) atoms. The van der Waals surface area contributed by atoms with Gasteiger partial charge in [0, 0.05) is 12.7 Å². The van der Waals surface area contributed by atoms with Crippen molar-refractivity contribution in [3.8, 4) is 0 Å². The summed E-state index contributed by atoms with van der Waals surface area (Å²) in [6, 6.07) is 0. The molecule has 2 heterocycles. The molecular formula is C9H12N6O. The van der Waals surface area contributed by atoms with Gasteiger partial charge in [0.25, 0.3) is 5.91 Å². The number of carbonyl (C=O) groups excluding carboxylic acids is 1. The van der Waals surface area contributed by atoms with Gasteiger partial charge in [-0.2, -0.15) is 10.2 Å². The first-order chi connectivity index (χ1) is 7.59. The van der Waals surface area contributed by atoms with E-state index in [0.717, 1.165) is 5.69 Å². The first kappa shape index (κ1) is 10.2. The fourth-order valence-electron chi connectivity index (χ4n) is 1.30. The number of anilines is 2. The highest BCUT2D eigenvalue weighted by atomic mass is 16.1. The Morgan fingerprint density at radius 3 is 2.81 bits per heavy atom. The molecule has 0 aliphatic heterocycles. The number of carbonyl (C=O) groups is 1. The van der Waals surface area contributed by atoms with Gasteiger partial charge in [-0.3, -0.25) is 14.6 Å². The number of nitrogens with one attached hydrogen (secondary N) is 2. The third-order valence-corrected chi connectivity index (χ3v) is 2.39. The van der Waals surface area contributed by atoms with Crippen molar-refractivity contribution in [3.63, 3.8) is 0 Å². The Morgan fingerprint density at radius 2 is 2.31 bits per heavy atom. The Labute approximate surface area is 91.6 Å². The fourth-order valence-corrected chi connectivity index (χ4v) is 1.30. The van der Waals surface area contributed by atoms with Crippen LogP contribution in [0.4, 0.5) is 11.5 Å². The average Bonchev–Trinajstić information content (AvgIpc) is 2.77. The van der Waals surface area contributed by atoms with Gasteiger partial charge in [-0.1, -0.05) is 0 Å². The number of aryl methyl sites for hydroxylation is 1. The normalized spacial score (nSPS) is 10.4. The van der Waals surface area contributed by atoms with Crippen LogP contribution in [0.25, 0.3) is 0 Å². The number of aromatic nitrogens is 4. The average molecular weight is 220 g/mol. The van der Waals surface area contributed by atoms with Gasteiger partial charge in [0.15, 0.2) is 5.82 Å². The minimum Gasteiger partial charge on any atom is -0.394 e. The van der Waals surface area contributed by atoms with E-state index >= 15 is 0 Å². The van der Waals surface area contributed by atoms with Crippen LogP contribution in [-0.2, 0) is 7.05 Å². The molecule has 84 valence electrons. The standard InChI is InChI=1S/C9H12N6O/c1-5-6(3-12-15(5)2)9(16)13-8-7(10)4-11-14-8/h3-4H,10H2,1-2H3,(H2,11,13,14,16). The number of nitrogen functional groups attached to an aromatic ring is 1. The molecule has 0 saturated carbocycles. The predicted octanol–water partition coefficient (Wildman–Crippen LogP) is 0.286. The van der Waals surface area contributed by atoms with Crippen molar-refractivity contribution in [1.29, 1.82) is 0 Å². The van der Waals surface area contributed by atoms with E-state index in [2.05, 4.69) is 20.6 Å². The van der Waals surface area contributed by atoms with E-state index in [-0.39, 0.29) is 5.91 Å². The van der Waals surface area contributed by atoms with Gasteiger partial charge in [0.1, 0.15) is 0 Å². The fraction of sp³-hybridized carbons (Fsp3) is 0.222. The molecule has 0 atom stereocenters. The van der Waals surface area contributed by atoms with Gasteiger partial charge >= 0.3 is 0 Å². The Bertz CT molecular complexity index is 526. The minimum atomic E-state index is -0.262. The van der Waals surface area contributed by atoms with Gasteiger partial charge in [0.05, 0.1) is 23.6 Å². The maximum atomic E-state index is 11.8. The molecule has 2 aromatic rings. The van der Waals surface area contributed by atoms with Crippen LogP contribution in [-0.4, -0.2) is 25.9 Å². The number of hydrogen-bond donors (Lipinski definition) is 3. The van der Waals surface area contributed by atoms with Crippen molar-refractivity contribution in [1.82, 2.24) is 20.0 Å². The molecule has 0 aliphatic rings. The number of nitrogens with zero attached hydrogens (tertiary/aromatic N) is 3. The zero-order chi connectivity index (χ0) is 11.7. The van der Waals surface area contributed by atoms with E-state index in [1.54, 1.807) is 11.7 Å². The van der Waals surface area contributed by atoms with Gasteiger partial charge in [-0.15, -0.1) is 0 Å². The highest BCUT2D eigenvalue weighted by Crippen LogP contribution is 2.14. The Hall–Kier alpha value is -2.31. The molecule has 7 nitrogen and oxygen atoms in total. The molecule has 0 radical (unpaired) electrons. The lowest BCUT2D eigenvalue weighted by molar-refractivity contribution is 0.102. The van der Waals surface area contributed by atoms with Crippen molar-refractivity contribution < 1.29 is 4.79 Å². The maximum Gasteiger partial charge on any atom is 0.260 e. The zero-order valence-corrected chi connectivity index (χ0v) is 8.98. The van der Waals surface area contributed by atoms with E-state index in [0.29, 0.717) is 17.1 Å². The first-order valence-corrected chi connectivity index (χ1v) is 4.68. The lowest BCUT2D eigenvalue weighted by atomic mass is 10.2. The third-order valence-electron chi connectivity index (χ3n) is 2.39. The van der Waals surface area contributed by atoms with Crippen molar-refractivity contribution >= 4 is 17.4 Å². The number of nitrogens with two attached hydrogens (primary N) is 1. The van der Waals surface area contributed by atoms with Crippen LogP contribution in [0, 0.1) is 6.92 Å². The summed E-state index contributed by atoms with van der Waals surface area (Å²) in [7, 11) is 1.77. The monoisotopic (exact) mass is 220 g/mol. The summed E-state index contributed by atoms with van der Waals surface area (Å²) in [6.45, 7) is 1.82. The molecule has 1 amide bonds. The summed E-state index contributed by atoms with van der Waals surface area (Å²) in [5, 5.41) is 12.9. The molecule has 0 aliphatic carbocycles. The van der Waals surface area contributed by atoms with Crippen molar-refractivity contribution in [3.05, 3.63) is 23.7 Å². The predicted molar refractivity (Wildman–Crippen MR) is 58.9 cm³/mol. The largest absolute Gasteiger partial charge is 0.394 e. The Kier molecular flexibility index (Phi) is 2.35. The zero-order valence-electron chi connectivity index (χ0n) is 8.98. The van der Waals surface area contributed by atoms with Crippen LogP contribution in [0.1, 0.15) is 16.1 Å². The molecule has 0 fully saturated rings. The molecule has 0 bridgehead atoms. The lowest BCUT2D eigenvalue weighted by Gasteiger charge is -2.02. The van der Waals surface area contributed by atoms with E-state index in [1.807, 2.05) is 6.92 Å². The summed E-state index contributed by atoms with van der Waals surface area (Å²) in [5.74, 6) is 0.134. The SMILES string of the molecule is Cc1c(C(=O)Nc2[nH]ncc2N)cnn1C. The number of hydrogen-bond acceptors (Lipinski definition) is 4. The topological polar surface area (TPSA) is 102 Å². The molecule has 2 rings (SSSR count). The van der Waals surface area contributed by atoms with E-state index in [9.17, 15) is 4.79 Å². The number of H-pyrrole nitrogens is 1. The lowest BCUT2D eigenvalue weighted by Crippen LogP contribution is -2.14. The second kappa shape index (κ2) is 3.69. The second-order valence-corrected chi connectivity index (χ2v) is 3.42. The van der Waals surface area contributed by atoms with Crippen molar-refractivity contribution in [2.24, 2.45) is 7.05 Å². The Morgan fingerprint density at radius 1 is 1.56 bits per heavy atom. The first-order valence-electron chi connectivity index (χ1n) is 4.68. The van der Waals surface area contributed by atoms with E-state index < -0.39 is 0 Å².